The molecule has 0 saturated carbocycles. The Morgan fingerprint density at radius 1 is 1.50 bits per heavy atom. The summed E-state index contributed by atoms with van der Waals surface area (Å²) < 4.78 is 0. The van der Waals surface area contributed by atoms with Crippen molar-refractivity contribution in [3.05, 3.63) is 21.9 Å². The molecule has 1 rings (SSSR count). The van der Waals surface area contributed by atoms with Crippen molar-refractivity contribution in [2.75, 3.05) is 0 Å². The first-order valence-corrected chi connectivity index (χ1v) is 6.18. The highest BCUT2D eigenvalue weighted by atomic mass is 32.1. The first kappa shape index (κ1) is 11.3. The molecule has 0 amide bonds. The number of unbranched alkanes of at least 4 members (excludes halogenated alkanes) is 1. The van der Waals surface area contributed by atoms with Crippen LogP contribution >= 0.6 is 11.3 Å². The Labute approximate surface area is 90.4 Å². The molecule has 2 heteroatoms. The summed E-state index contributed by atoms with van der Waals surface area (Å²) in [6.45, 7) is 4.45. The fourth-order valence-corrected chi connectivity index (χ4v) is 2.46. The number of nitrogens with zero attached hydrogens (tertiary/aromatic N) is 1. The van der Waals surface area contributed by atoms with Gasteiger partial charge in [-0.2, -0.15) is 5.26 Å². The molecular formula is C12H17NS. The first-order chi connectivity index (χ1) is 6.81. The minimum absolute atomic E-state index is 0.660. The van der Waals surface area contributed by atoms with E-state index >= 15 is 0 Å². The molecule has 0 spiro atoms. The molecule has 0 N–H and O–H groups in total. The number of thiophene rings is 1. The van der Waals surface area contributed by atoms with E-state index in [0.29, 0.717) is 5.92 Å². The average molecular weight is 207 g/mol. The van der Waals surface area contributed by atoms with E-state index < -0.39 is 0 Å². The topological polar surface area (TPSA) is 23.8 Å². The van der Waals surface area contributed by atoms with Crippen LogP contribution in [0.1, 0.15) is 55.9 Å². The van der Waals surface area contributed by atoms with E-state index in [1.165, 1.54) is 31.2 Å². The predicted molar refractivity (Wildman–Crippen MR) is 61.6 cm³/mol. The van der Waals surface area contributed by atoms with E-state index in [1.54, 1.807) is 11.3 Å². The van der Waals surface area contributed by atoms with E-state index in [1.807, 2.05) is 0 Å². The number of nitriles is 1. The molecule has 1 nitrogen and oxygen atoms in total. The molecule has 1 aromatic heterocycles. The monoisotopic (exact) mass is 207 g/mol. The average Bonchev–Trinajstić information content (AvgIpc) is 2.68. The Morgan fingerprint density at radius 3 is 2.79 bits per heavy atom. The van der Waals surface area contributed by atoms with Gasteiger partial charge >= 0.3 is 0 Å². The predicted octanol–water partition coefficient (Wildman–Crippen LogP) is 4.30. The second-order valence-corrected chi connectivity index (χ2v) is 4.51. The molecule has 0 radical (unpaired) electrons. The third-order valence-corrected chi connectivity index (χ3v) is 3.45. The van der Waals surface area contributed by atoms with E-state index in [-0.39, 0.29) is 0 Å². The molecule has 0 saturated heterocycles. The summed E-state index contributed by atoms with van der Waals surface area (Å²) in [6.07, 6.45) is 4.98. The quantitative estimate of drug-likeness (QED) is 0.706. The highest BCUT2D eigenvalue weighted by molar-refractivity contribution is 7.10. The maximum absolute atomic E-state index is 8.74. The molecule has 14 heavy (non-hydrogen) atoms. The Balaban J connectivity index is 2.64. The molecule has 0 aliphatic heterocycles. The summed E-state index contributed by atoms with van der Waals surface area (Å²) in [7, 11) is 0. The normalized spacial score (nSPS) is 12.4. The van der Waals surface area contributed by atoms with Crippen LogP contribution in [0.25, 0.3) is 0 Å². The van der Waals surface area contributed by atoms with E-state index in [4.69, 9.17) is 5.26 Å². The SMILES string of the molecule is CCCCC(CC)c1csc(C#N)c1. The third-order valence-electron chi connectivity index (χ3n) is 2.60. The van der Waals surface area contributed by atoms with Crippen LogP contribution in [0, 0.1) is 11.3 Å². The lowest BCUT2D eigenvalue weighted by molar-refractivity contribution is 0.571. The van der Waals surface area contributed by atoms with Gasteiger partial charge in [0.25, 0.3) is 0 Å². The minimum atomic E-state index is 0.660. The maximum atomic E-state index is 8.74. The smallest absolute Gasteiger partial charge is 0.110 e. The number of rotatable bonds is 5. The maximum Gasteiger partial charge on any atom is 0.110 e. The largest absolute Gasteiger partial charge is 0.192 e. The second-order valence-electron chi connectivity index (χ2n) is 3.60. The lowest BCUT2D eigenvalue weighted by Crippen LogP contribution is -1.95. The molecular weight excluding hydrogens is 190 g/mol. The van der Waals surface area contributed by atoms with Crippen molar-refractivity contribution in [1.82, 2.24) is 0 Å². The van der Waals surface area contributed by atoms with Crippen LogP contribution in [0.4, 0.5) is 0 Å². The van der Waals surface area contributed by atoms with Crippen LogP contribution in [-0.4, -0.2) is 0 Å². The van der Waals surface area contributed by atoms with Crippen molar-refractivity contribution in [2.45, 2.75) is 45.4 Å². The number of hydrogen-bond acceptors (Lipinski definition) is 2. The van der Waals surface area contributed by atoms with Gasteiger partial charge in [0.05, 0.1) is 0 Å². The van der Waals surface area contributed by atoms with Gasteiger partial charge in [-0.15, -0.1) is 11.3 Å². The van der Waals surface area contributed by atoms with Crippen molar-refractivity contribution >= 4 is 11.3 Å². The zero-order valence-electron chi connectivity index (χ0n) is 8.92. The van der Waals surface area contributed by atoms with Crippen molar-refractivity contribution in [3.8, 4) is 6.07 Å². The fraction of sp³-hybridized carbons (Fsp3) is 0.583. The van der Waals surface area contributed by atoms with Gasteiger partial charge in [-0.3, -0.25) is 0 Å². The molecule has 1 unspecified atom stereocenters. The molecule has 76 valence electrons. The van der Waals surface area contributed by atoms with Gasteiger partial charge in [-0.05, 0) is 35.8 Å². The molecule has 0 aliphatic carbocycles. The first-order valence-electron chi connectivity index (χ1n) is 5.30. The van der Waals surface area contributed by atoms with Crippen molar-refractivity contribution < 1.29 is 0 Å². The van der Waals surface area contributed by atoms with Crippen LogP contribution in [0.2, 0.25) is 0 Å². The van der Waals surface area contributed by atoms with Gasteiger partial charge in [0, 0.05) is 0 Å². The van der Waals surface area contributed by atoms with Crippen LogP contribution < -0.4 is 0 Å². The molecule has 1 aromatic rings. The molecule has 0 bridgehead atoms. The standard InChI is InChI=1S/C12H17NS/c1-3-5-6-10(4-2)11-7-12(8-13)14-9-11/h7,9-10H,3-6H2,1-2H3. The van der Waals surface area contributed by atoms with Gasteiger partial charge in [0.1, 0.15) is 10.9 Å². The summed E-state index contributed by atoms with van der Waals surface area (Å²) in [5.74, 6) is 0.660. The van der Waals surface area contributed by atoms with E-state index in [9.17, 15) is 0 Å². The summed E-state index contributed by atoms with van der Waals surface area (Å²) in [5, 5.41) is 10.9. The van der Waals surface area contributed by atoms with Gasteiger partial charge < -0.3 is 0 Å². The molecule has 1 atom stereocenters. The Kier molecular flexibility index (Phi) is 4.69. The lowest BCUT2D eigenvalue weighted by atomic mass is 9.93. The second kappa shape index (κ2) is 5.82. The summed E-state index contributed by atoms with van der Waals surface area (Å²) >= 11 is 1.57. The third kappa shape index (κ3) is 2.85. The lowest BCUT2D eigenvalue weighted by Gasteiger charge is -2.11. The molecule has 0 aromatic carbocycles. The van der Waals surface area contributed by atoms with Gasteiger partial charge in [0.15, 0.2) is 0 Å². The van der Waals surface area contributed by atoms with Crippen molar-refractivity contribution in [3.63, 3.8) is 0 Å². The Hall–Kier alpha value is -0.810. The van der Waals surface area contributed by atoms with Crippen molar-refractivity contribution in [1.29, 1.82) is 5.26 Å². The van der Waals surface area contributed by atoms with Crippen LogP contribution in [0.3, 0.4) is 0 Å². The Morgan fingerprint density at radius 2 is 2.29 bits per heavy atom. The van der Waals surface area contributed by atoms with E-state index in [0.717, 1.165) is 4.88 Å². The van der Waals surface area contributed by atoms with Gasteiger partial charge in [-0.25, -0.2) is 0 Å². The zero-order chi connectivity index (χ0) is 10.4. The molecule has 0 aliphatic rings. The fourth-order valence-electron chi connectivity index (χ4n) is 1.68. The Bertz CT molecular complexity index is 308. The zero-order valence-corrected chi connectivity index (χ0v) is 9.73. The van der Waals surface area contributed by atoms with Crippen LogP contribution in [-0.2, 0) is 0 Å². The van der Waals surface area contributed by atoms with Gasteiger partial charge in [0.2, 0.25) is 0 Å². The summed E-state index contributed by atoms with van der Waals surface area (Å²) in [5.41, 5.74) is 1.36. The summed E-state index contributed by atoms with van der Waals surface area (Å²) in [4.78, 5) is 0.843. The van der Waals surface area contributed by atoms with Crippen LogP contribution in [0.15, 0.2) is 11.4 Å². The van der Waals surface area contributed by atoms with Gasteiger partial charge in [-0.1, -0.05) is 26.7 Å². The number of hydrogen-bond donors (Lipinski definition) is 0. The van der Waals surface area contributed by atoms with Crippen LogP contribution in [0.5, 0.6) is 0 Å². The molecule has 1 heterocycles. The summed E-state index contributed by atoms with van der Waals surface area (Å²) in [6, 6.07) is 4.25. The molecule has 0 fully saturated rings. The minimum Gasteiger partial charge on any atom is -0.192 e. The highest BCUT2D eigenvalue weighted by Gasteiger charge is 2.10. The van der Waals surface area contributed by atoms with Crippen molar-refractivity contribution in [2.24, 2.45) is 0 Å². The highest BCUT2D eigenvalue weighted by Crippen LogP contribution is 2.28. The van der Waals surface area contributed by atoms with E-state index in [2.05, 4.69) is 31.4 Å².